The van der Waals surface area contributed by atoms with Crippen LogP contribution in [-0.2, 0) is 11.3 Å². The average Bonchev–Trinajstić information content (AvgIpc) is 2.27. The third-order valence-electron chi connectivity index (χ3n) is 2.64. The minimum absolute atomic E-state index is 0. The first kappa shape index (κ1) is 15.9. The van der Waals surface area contributed by atoms with Gasteiger partial charge in [-0.05, 0) is 18.9 Å². The molecular weight excluding hydrogens is 236 g/mol. The summed E-state index contributed by atoms with van der Waals surface area (Å²) < 4.78 is 0. The van der Waals surface area contributed by atoms with E-state index in [0.717, 1.165) is 5.56 Å². The summed E-state index contributed by atoms with van der Waals surface area (Å²) in [6.45, 7) is 4.58. The number of hydrogen-bond acceptors (Lipinski definition) is 2. The van der Waals surface area contributed by atoms with E-state index in [2.05, 4.69) is 6.07 Å². The summed E-state index contributed by atoms with van der Waals surface area (Å²) in [5, 5.41) is 0. The van der Waals surface area contributed by atoms with E-state index in [1.54, 1.807) is 11.9 Å². The van der Waals surface area contributed by atoms with Crippen molar-refractivity contribution in [2.45, 2.75) is 32.9 Å². The molecule has 0 fully saturated rings. The highest BCUT2D eigenvalue weighted by molar-refractivity contribution is 5.85. The van der Waals surface area contributed by atoms with Crippen molar-refractivity contribution in [1.82, 2.24) is 4.90 Å². The van der Waals surface area contributed by atoms with E-state index in [4.69, 9.17) is 5.73 Å². The highest BCUT2D eigenvalue weighted by Crippen LogP contribution is 2.07. The monoisotopic (exact) mass is 256 g/mol. The summed E-state index contributed by atoms with van der Waals surface area (Å²) in [7, 11) is 1.79. The van der Waals surface area contributed by atoms with Gasteiger partial charge < -0.3 is 10.6 Å². The van der Waals surface area contributed by atoms with E-state index in [-0.39, 0.29) is 24.4 Å². The molecule has 0 unspecified atom stereocenters. The number of halogens is 1. The average molecular weight is 257 g/mol. The number of nitrogens with two attached hydrogens (primary N) is 1. The second kappa shape index (κ2) is 7.30. The van der Waals surface area contributed by atoms with Gasteiger partial charge in [0.25, 0.3) is 0 Å². The molecule has 0 bridgehead atoms. The molecule has 0 saturated carbocycles. The maximum absolute atomic E-state index is 11.8. The smallest absolute Gasteiger partial charge is 0.239 e. The number of carbonyl (C=O) groups excluding carboxylic acids is 1. The number of benzene rings is 1. The fourth-order valence-electron chi connectivity index (χ4n) is 1.62. The van der Waals surface area contributed by atoms with E-state index in [0.29, 0.717) is 13.0 Å². The van der Waals surface area contributed by atoms with Crippen LogP contribution in [0.1, 0.15) is 24.5 Å². The van der Waals surface area contributed by atoms with Crippen molar-refractivity contribution in [2.75, 3.05) is 7.05 Å². The minimum Gasteiger partial charge on any atom is -0.340 e. The van der Waals surface area contributed by atoms with Gasteiger partial charge >= 0.3 is 0 Å². The number of likely N-dealkylation sites (N-methyl/N-ethyl adjacent to an activating group) is 1. The Morgan fingerprint density at radius 1 is 1.47 bits per heavy atom. The van der Waals surface area contributed by atoms with Crippen molar-refractivity contribution >= 4 is 18.3 Å². The van der Waals surface area contributed by atoms with Gasteiger partial charge in [0.1, 0.15) is 0 Å². The predicted octanol–water partition coefficient (Wildman–Crippen LogP) is 2.11. The van der Waals surface area contributed by atoms with E-state index in [1.807, 2.05) is 32.0 Å². The first-order valence-electron chi connectivity index (χ1n) is 5.60. The number of amides is 1. The Labute approximate surface area is 109 Å². The van der Waals surface area contributed by atoms with Gasteiger partial charge in [0.2, 0.25) is 5.91 Å². The Morgan fingerprint density at radius 2 is 2.12 bits per heavy atom. The molecule has 0 aromatic heterocycles. The van der Waals surface area contributed by atoms with Crippen LogP contribution >= 0.6 is 12.4 Å². The SMILES string of the molecule is CC[C@H](N)C(=O)N(C)Cc1cccc(C)c1.Cl. The summed E-state index contributed by atoms with van der Waals surface area (Å²) >= 11 is 0. The molecule has 1 aromatic rings. The molecule has 4 heteroatoms. The highest BCUT2D eigenvalue weighted by Gasteiger charge is 2.15. The van der Waals surface area contributed by atoms with Crippen LogP contribution < -0.4 is 5.73 Å². The highest BCUT2D eigenvalue weighted by atomic mass is 35.5. The van der Waals surface area contributed by atoms with Gasteiger partial charge in [0.05, 0.1) is 6.04 Å². The summed E-state index contributed by atoms with van der Waals surface area (Å²) in [5.41, 5.74) is 8.05. The second-order valence-electron chi connectivity index (χ2n) is 4.20. The lowest BCUT2D eigenvalue weighted by atomic mass is 10.1. The van der Waals surface area contributed by atoms with Gasteiger partial charge in [-0.1, -0.05) is 36.8 Å². The van der Waals surface area contributed by atoms with Crippen LogP contribution in [0.2, 0.25) is 0 Å². The predicted molar refractivity (Wildman–Crippen MR) is 73.2 cm³/mol. The van der Waals surface area contributed by atoms with Gasteiger partial charge in [-0.3, -0.25) is 4.79 Å². The molecule has 1 aromatic carbocycles. The molecule has 0 saturated heterocycles. The van der Waals surface area contributed by atoms with E-state index < -0.39 is 0 Å². The van der Waals surface area contributed by atoms with Crippen LogP contribution in [0.5, 0.6) is 0 Å². The number of aryl methyl sites for hydroxylation is 1. The lowest BCUT2D eigenvalue weighted by Gasteiger charge is -2.20. The van der Waals surface area contributed by atoms with Gasteiger partial charge in [-0.25, -0.2) is 0 Å². The van der Waals surface area contributed by atoms with Crippen LogP contribution in [0.4, 0.5) is 0 Å². The molecule has 2 N–H and O–H groups in total. The Morgan fingerprint density at radius 3 is 2.65 bits per heavy atom. The first-order valence-corrected chi connectivity index (χ1v) is 5.60. The fraction of sp³-hybridized carbons (Fsp3) is 0.462. The molecule has 1 atom stereocenters. The standard InChI is InChI=1S/C13H20N2O.ClH/c1-4-12(14)13(16)15(3)9-11-7-5-6-10(2)8-11;/h5-8,12H,4,9,14H2,1-3H3;1H/t12-;/m0./s1. The Kier molecular flexibility index (Phi) is 6.85. The Bertz CT molecular complexity index is 368. The van der Waals surface area contributed by atoms with Crippen LogP contribution in [0.25, 0.3) is 0 Å². The molecule has 1 rings (SSSR count). The topological polar surface area (TPSA) is 46.3 Å². The van der Waals surface area contributed by atoms with Crippen LogP contribution in [0.3, 0.4) is 0 Å². The van der Waals surface area contributed by atoms with Crippen LogP contribution in [0.15, 0.2) is 24.3 Å². The number of nitrogens with zero attached hydrogens (tertiary/aromatic N) is 1. The quantitative estimate of drug-likeness (QED) is 0.897. The zero-order chi connectivity index (χ0) is 12.1. The van der Waals surface area contributed by atoms with E-state index in [1.165, 1.54) is 5.56 Å². The number of carbonyl (C=O) groups is 1. The number of rotatable bonds is 4. The van der Waals surface area contributed by atoms with Crippen molar-refractivity contribution in [2.24, 2.45) is 5.73 Å². The first-order chi connectivity index (χ1) is 7.54. The molecule has 0 aliphatic rings. The molecule has 96 valence electrons. The fourth-order valence-corrected chi connectivity index (χ4v) is 1.62. The Hall–Kier alpha value is -1.06. The van der Waals surface area contributed by atoms with E-state index >= 15 is 0 Å². The third-order valence-corrected chi connectivity index (χ3v) is 2.64. The lowest BCUT2D eigenvalue weighted by Crippen LogP contribution is -2.40. The molecule has 0 aliphatic carbocycles. The van der Waals surface area contributed by atoms with Crippen molar-refractivity contribution in [3.8, 4) is 0 Å². The summed E-state index contributed by atoms with van der Waals surface area (Å²) in [5.74, 6) is 0.00371. The van der Waals surface area contributed by atoms with Crippen molar-refractivity contribution in [3.05, 3.63) is 35.4 Å². The van der Waals surface area contributed by atoms with Crippen LogP contribution in [0, 0.1) is 6.92 Å². The lowest BCUT2D eigenvalue weighted by molar-refractivity contribution is -0.131. The molecule has 1 amide bonds. The zero-order valence-electron chi connectivity index (χ0n) is 10.6. The van der Waals surface area contributed by atoms with Gasteiger partial charge in [-0.15, -0.1) is 12.4 Å². The third kappa shape index (κ3) is 4.75. The minimum atomic E-state index is -0.380. The van der Waals surface area contributed by atoms with Gasteiger partial charge in [-0.2, -0.15) is 0 Å². The maximum atomic E-state index is 11.8. The summed E-state index contributed by atoms with van der Waals surface area (Å²) in [6.07, 6.45) is 0.678. The molecule has 0 spiro atoms. The van der Waals surface area contributed by atoms with Crippen molar-refractivity contribution in [3.63, 3.8) is 0 Å². The zero-order valence-corrected chi connectivity index (χ0v) is 11.5. The molecule has 0 aliphatic heterocycles. The van der Waals surface area contributed by atoms with Gasteiger partial charge in [0.15, 0.2) is 0 Å². The van der Waals surface area contributed by atoms with E-state index in [9.17, 15) is 4.79 Å². The summed E-state index contributed by atoms with van der Waals surface area (Å²) in [4.78, 5) is 13.4. The largest absolute Gasteiger partial charge is 0.340 e. The second-order valence-corrected chi connectivity index (χ2v) is 4.20. The molecule has 3 nitrogen and oxygen atoms in total. The molecule has 0 radical (unpaired) electrons. The number of hydrogen-bond donors (Lipinski definition) is 1. The molecular formula is C13H21ClN2O. The van der Waals surface area contributed by atoms with Crippen molar-refractivity contribution in [1.29, 1.82) is 0 Å². The molecule has 0 heterocycles. The van der Waals surface area contributed by atoms with Crippen molar-refractivity contribution < 1.29 is 4.79 Å². The van der Waals surface area contributed by atoms with Gasteiger partial charge in [0, 0.05) is 13.6 Å². The normalized spacial score (nSPS) is 11.5. The Balaban J connectivity index is 0.00000256. The van der Waals surface area contributed by atoms with Crippen LogP contribution in [-0.4, -0.2) is 23.9 Å². The summed E-state index contributed by atoms with van der Waals surface area (Å²) in [6, 6.07) is 7.77. The molecule has 17 heavy (non-hydrogen) atoms. The maximum Gasteiger partial charge on any atom is 0.239 e.